The van der Waals surface area contributed by atoms with Crippen molar-refractivity contribution >= 4 is 17.9 Å². The van der Waals surface area contributed by atoms with Gasteiger partial charge < -0.3 is 21.1 Å². The lowest BCUT2D eigenvalue weighted by atomic mass is 10.2. The van der Waals surface area contributed by atoms with E-state index in [1.807, 2.05) is 6.92 Å². The fourth-order valence-corrected chi connectivity index (χ4v) is 1.73. The highest BCUT2D eigenvalue weighted by Crippen LogP contribution is 2.18. The maximum Gasteiger partial charge on any atom is 0.326 e. The number of carbonyl (C=O) groups is 3. The molecular weight excluding hydrogens is 262 g/mol. The lowest BCUT2D eigenvalue weighted by Gasteiger charge is -2.14. The highest BCUT2D eigenvalue weighted by molar-refractivity contribution is 5.82. The fraction of sp³-hybridized carbons (Fsp3) is 0.769. The Morgan fingerprint density at radius 3 is 2.55 bits per heavy atom. The Morgan fingerprint density at radius 1 is 1.30 bits per heavy atom. The van der Waals surface area contributed by atoms with E-state index >= 15 is 0 Å². The molecule has 1 fully saturated rings. The van der Waals surface area contributed by atoms with Crippen LogP contribution < -0.4 is 16.0 Å². The summed E-state index contributed by atoms with van der Waals surface area (Å²) in [6, 6.07) is -1.02. The number of carbonyl (C=O) groups excluding carboxylic acids is 2. The van der Waals surface area contributed by atoms with Crippen LogP contribution in [0.15, 0.2) is 0 Å². The van der Waals surface area contributed by atoms with Crippen LogP contribution in [0.1, 0.15) is 45.4 Å². The molecule has 1 rings (SSSR count). The predicted octanol–water partition coefficient (Wildman–Crippen LogP) is 0.598. The van der Waals surface area contributed by atoms with E-state index in [0.29, 0.717) is 38.3 Å². The topological polar surface area (TPSA) is 108 Å². The van der Waals surface area contributed by atoms with Gasteiger partial charge in [0.1, 0.15) is 6.04 Å². The van der Waals surface area contributed by atoms with Crippen LogP contribution in [0.2, 0.25) is 0 Å². The van der Waals surface area contributed by atoms with Crippen molar-refractivity contribution in [1.82, 2.24) is 16.0 Å². The van der Waals surface area contributed by atoms with Crippen molar-refractivity contribution in [2.45, 2.75) is 57.5 Å². The summed E-state index contributed by atoms with van der Waals surface area (Å²) >= 11 is 0. The van der Waals surface area contributed by atoms with Gasteiger partial charge in [-0.2, -0.15) is 0 Å². The zero-order valence-electron chi connectivity index (χ0n) is 11.8. The standard InChI is InChI=1S/C13H23N3O4/c1-2-4-10(12(18)19)16-13(20)14-8-3-5-11(17)15-9-6-7-9/h9-10H,2-8H2,1H3,(H,15,17)(H,18,19)(H2,14,16,20). The average Bonchev–Trinajstić information content (AvgIpc) is 3.18. The first-order chi connectivity index (χ1) is 9.52. The summed E-state index contributed by atoms with van der Waals surface area (Å²) in [6.07, 6.45) is 4.09. The monoisotopic (exact) mass is 285 g/mol. The molecule has 0 bridgehead atoms. The summed E-state index contributed by atoms with van der Waals surface area (Å²) in [5.74, 6) is -1.03. The molecule has 0 aromatic rings. The first kappa shape index (κ1) is 16.3. The van der Waals surface area contributed by atoms with Crippen molar-refractivity contribution in [3.05, 3.63) is 0 Å². The second-order valence-electron chi connectivity index (χ2n) is 5.03. The molecule has 0 spiro atoms. The molecular formula is C13H23N3O4. The highest BCUT2D eigenvalue weighted by atomic mass is 16.4. The molecule has 1 aliphatic carbocycles. The maximum absolute atomic E-state index is 11.5. The molecule has 0 aromatic carbocycles. The number of aliphatic carboxylic acids is 1. The van der Waals surface area contributed by atoms with E-state index in [4.69, 9.17) is 5.11 Å². The lowest BCUT2D eigenvalue weighted by Crippen LogP contribution is -2.46. The zero-order chi connectivity index (χ0) is 15.0. The SMILES string of the molecule is CCCC(NC(=O)NCCCC(=O)NC1CC1)C(=O)O. The Bertz CT molecular complexity index is 356. The molecule has 0 aromatic heterocycles. The minimum Gasteiger partial charge on any atom is -0.480 e. The number of urea groups is 1. The van der Waals surface area contributed by atoms with Crippen LogP contribution in [0.25, 0.3) is 0 Å². The first-order valence-corrected chi connectivity index (χ1v) is 7.09. The minimum atomic E-state index is -1.04. The van der Waals surface area contributed by atoms with Gasteiger partial charge in [0.2, 0.25) is 5.91 Å². The van der Waals surface area contributed by atoms with Gasteiger partial charge in [-0.1, -0.05) is 13.3 Å². The molecule has 0 radical (unpaired) electrons. The van der Waals surface area contributed by atoms with Gasteiger partial charge in [0.05, 0.1) is 0 Å². The number of hydrogen-bond donors (Lipinski definition) is 4. The zero-order valence-corrected chi connectivity index (χ0v) is 11.8. The Hall–Kier alpha value is -1.79. The third-order valence-electron chi connectivity index (χ3n) is 2.99. The molecule has 0 heterocycles. The number of nitrogens with one attached hydrogen (secondary N) is 3. The average molecular weight is 285 g/mol. The normalized spacial score (nSPS) is 15.2. The Morgan fingerprint density at radius 2 is 2.00 bits per heavy atom. The number of amides is 3. The number of hydrogen-bond acceptors (Lipinski definition) is 3. The van der Waals surface area contributed by atoms with E-state index in [1.165, 1.54) is 0 Å². The van der Waals surface area contributed by atoms with E-state index in [9.17, 15) is 14.4 Å². The molecule has 1 aliphatic rings. The summed E-state index contributed by atoms with van der Waals surface area (Å²) < 4.78 is 0. The summed E-state index contributed by atoms with van der Waals surface area (Å²) in [6.45, 7) is 2.20. The Balaban J connectivity index is 2.08. The van der Waals surface area contributed by atoms with Crippen LogP contribution in [0, 0.1) is 0 Å². The molecule has 20 heavy (non-hydrogen) atoms. The second kappa shape index (κ2) is 8.39. The molecule has 7 heteroatoms. The molecule has 0 aliphatic heterocycles. The van der Waals surface area contributed by atoms with Crippen molar-refractivity contribution in [2.75, 3.05) is 6.54 Å². The third kappa shape index (κ3) is 6.96. The molecule has 114 valence electrons. The van der Waals surface area contributed by atoms with Crippen LogP contribution >= 0.6 is 0 Å². The van der Waals surface area contributed by atoms with Crippen LogP contribution in [-0.2, 0) is 9.59 Å². The minimum absolute atomic E-state index is 0.00380. The molecule has 0 saturated heterocycles. The van der Waals surface area contributed by atoms with Gasteiger partial charge in [-0.25, -0.2) is 9.59 Å². The number of rotatable bonds is 9. The molecule has 3 amide bonds. The van der Waals surface area contributed by atoms with Gasteiger partial charge in [-0.3, -0.25) is 4.79 Å². The molecule has 1 unspecified atom stereocenters. The number of carboxylic acid groups (broad SMARTS) is 1. The lowest BCUT2D eigenvalue weighted by molar-refractivity contribution is -0.139. The van der Waals surface area contributed by atoms with Gasteiger partial charge in [-0.05, 0) is 25.7 Å². The smallest absolute Gasteiger partial charge is 0.326 e. The van der Waals surface area contributed by atoms with Crippen LogP contribution in [-0.4, -0.2) is 41.6 Å². The molecule has 1 saturated carbocycles. The highest BCUT2D eigenvalue weighted by Gasteiger charge is 2.22. The summed E-state index contributed by atoms with van der Waals surface area (Å²) in [4.78, 5) is 33.7. The van der Waals surface area contributed by atoms with Crippen molar-refractivity contribution in [3.8, 4) is 0 Å². The maximum atomic E-state index is 11.5. The van der Waals surface area contributed by atoms with Crippen molar-refractivity contribution in [3.63, 3.8) is 0 Å². The van der Waals surface area contributed by atoms with Gasteiger partial charge in [-0.15, -0.1) is 0 Å². The number of carboxylic acids is 1. The molecule has 1 atom stereocenters. The van der Waals surface area contributed by atoms with Crippen molar-refractivity contribution < 1.29 is 19.5 Å². The van der Waals surface area contributed by atoms with Crippen molar-refractivity contribution in [1.29, 1.82) is 0 Å². The van der Waals surface area contributed by atoms with Crippen LogP contribution in [0.5, 0.6) is 0 Å². The largest absolute Gasteiger partial charge is 0.480 e. The van der Waals surface area contributed by atoms with Gasteiger partial charge in [0.25, 0.3) is 0 Å². The van der Waals surface area contributed by atoms with Crippen LogP contribution in [0.3, 0.4) is 0 Å². The van der Waals surface area contributed by atoms with Gasteiger partial charge in [0.15, 0.2) is 0 Å². The van der Waals surface area contributed by atoms with E-state index in [2.05, 4.69) is 16.0 Å². The van der Waals surface area contributed by atoms with Gasteiger partial charge in [0, 0.05) is 19.0 Å². The van der Waals surface area contributed by atoms with Gasteiger partial charge >= 0.3 is 12.0 Å². The quantitative estimate of drug-likeness (QED) is 0.465. The summed E-state index contributed by atoms with van der Waals surface area (Å²) in [7, 11) is 0. The second-order valence-corrected chi connectivity index (χ2v) is 5.03. The summed E-state index contributed by atoms with van der Waals surface area (Å²) in [5, 5.41) is 16.7. The fourth-order valence-electron chi connectivity index (χ4n) is 1.73. The molecule has 4 N–H and O–H groups in total. The van der Waals surface area contributed by atoms with Crippen molar-refractivity contribution in [2.24, 2.45) is 0 Å². The predicted molar refractivity (Wildman–Crippen MR) is 73.3 cm³/mol. The third-order valence-corrected chi connectivity index (χ3v) is 2.99. The summed E-state index contributed by atoms with van der Waals surface area (Å²) in [5.41, 5.74) is 0. The van der Waals surface area contributed by atoms with E-state index in [1.54, 1.807) is 0 Å². The van der Waals surface area contributed by atoms with E-state index in [-0.39, 0.29) is 5.91 Å². The Labute approximate surface area is 118 Å². The van der Waals surface area contributed by atoms with E-state index in [0.717, 1.165) is 12.8 Å². The van der Waals surface area contributed by atoms with E-state index < -0.39 is 18.0 Å². The first-order valence-electron chi connectivity index (χ1n) is 7.09. The van der Waals surface area contributed by atoms with Crippen LogP contribution in [0.4, 0.5) is 4.79 Å². The molecule has 7 nitrogen and oxygen atoms in total. The Kier molecular flexibility index (Phi) is 6.83.